The monoisotopic (exact) mass is 397 g/mol. The number of amides is 1. The zero-order valence-corrected chi connectivity index (χ0v) is 16.7. The molecular weight excluding hydrogens is 374 g/mol. The van der Waals surface area contributed by atoms with Crippen molar-refractivity contribution in [2.45, 2.75) is 6.54 Å². The molecule has 6 nitrogen and oxygen atoms in total. The number of rotatable bonds is 4. The molecule has 1 aromatic heterocycles. The molecule has 1 amide bonds. The van der Waals surface area contributed by atoms with Crippen molar-refractivity contribution < 1.29 is 4.79 Å². The SMILES string of the molecule is O=C1C(=NN2CCN(c3ccccn3)CC2)c2ccccc2N1Cc1ccccc1. The van der Waals surface area contributed by atoms with Gasteiger partial charge in [-0.2, -0.15) is 5.10 Å². The predicted molar refractivity (Wildman–Crippen MR) is 119 cm³/mol. The molecule has 0 bridgehead atoms. The Bertz CT molecular complexity index is 1060. The van der Waals surface area contributed by atoms with Gasteiger partial charge in [-0.1, -0.05) is 54.6 Å². The third kappa shape index (κ3) is 3.52. The summed E-state index contributed by atoms with van der Waals surface area (Å²) >= 11 is 0. The summed E-state index contributed by atoms with van der Waals surface area (Å²) in [5.74, 6) is 0.952. The first kappa shape index (κ1) is 18.4. The fourth-order valence-electron chi connectivity index (χ4n) is 3.99. The normalized spacial score (nSPS) is 17.5. The maximum Gasteiger partial charge on any atom is 0.279 e. The van der Waals surface area contributed by atoms with Crippen molar-refractivity contribution >= 4 is 23.1 Å². The van der Waals surface area contributed by atoms with Crippen molar-refractivity contribution in [1.29, 1.82) is 0 Å². The number of aromatic nitrogens is 1. The Hall–Kier alpha value is -3.67. The highest BCUT2D eigenvalue weighted by atomic mass is 16.2. The fraction of sp³-hybridized carbons (Fsp3) is 0.208. The van der Waals surface area contributed by atoms with Crippen LogP contribution in [0.4, 0.5) is 11.5 Å². The molecular formula is C24H23N5O. The van der Waals surface area contributed by atoms with E-state index in [2.05, 4.69) is 9.88 Å². The van der Waals surface area contributed by atoms with Gasteiger partial charge in [0.15, 0.2) is 5.71 Å². The molecule has 2 aromatic carbocycles. The molecule has 0 saturated carbocycles. The minimum atomic E-state index is -0.0350. The zero-order valence-electron chi connectivity index (χ0n) is 16.7. The molecule has 0 radical (unpaired) electrons. The van der Waals surface area contributed by atoms with Crippen LogP contribution in [0.25, 0.3) is 0 Å². The number of carbonyl (C=O) groups excluding carboxylic acids is 1. The lowest BCUT2D eigenvalue weighted by molar-refractivity contribution is -0.112. The molecule has 0 spiro atoms. The van der Waals surface area contributed by atoms with E-state index in [1.165, 1.54) is 0 Å². The van der Waals surface area contributed by atoms with Crippen LogP contribution in [0.3, 0.4) is 0 Å². The minimum Gasteiger partial charge on any atom is -0.353 e. The van der Waals surface area contributed by atoms with Crippen LogP contribution in [0.2, 0.25) is 0 Å². The quantitative estimate of drug-likeness (QED) is 0.679. The number of pyridine rings is 1. The van der Waals surface area contributed by atoms with Crippen LogP contribution in [0.5, 0.6) is 0 Å². The summed E-state index contributed by atoms with van der Waals surface area (Å²) in [5.41, 5.74) is 3.47. The van der Waals surface area contributed by atoms with Crippen LogP contribution in [-0.4, -0.2) is 47.8 Å². The van der Waals surface area contributed by atoms with Gasteiger partial charge in [-0.25, -0.2) is 4.98 Å². The van der Waals surface area contributed by atoms with E-state index >= 15 is 0 Å². The predicted octanol–water partition coefficient (Wildman–Crippen LogP) is 3.15. The molecule has 6 heteroatoms. The number of anilines is 2. The topological polar surface area (TPSA) is 52.0 Å². The number of piperazine rings is 1. The van der Waals surface area contributed by atoms with E-state index in [1.54, 1.807) is 0 Å². The average molecular weight is 397 g/mol. The summed E-state index contributed by atoms with van der Waals surface area (Å²) < 4.78 is 0. The Kier molecular flexibility index (Phi) is 4.89. The highest BCUT2D eigenvalue weighted by Gasteiger charge is 2.34. The highest BCUT2D eigenvalue weighted by Crippen LogP contribution is 2.31. The Balaban J connectivity index is 1.35. The molecule has 30 heavy (non-hydrogen) atoms. The largest absolute Gasteiger partial charge is 0.353 e. The number of nitrogens with zero attached hydrogens (tertiary/aromatic N) is 5. The van der Waals surface area contributed by atoms with E-state index in [0.717, 1.165) is 48.8 Å². The third-order valence-corrected chi connectivity index (χ3v) is 5.55. The summed E-state index contributed by atoms with van der Waals surface area (Å²) in [5, 5.41) is 6.80. The summed E-state index contributed by atoms with van der Waals surface area (Å²) in [6, 6.07) is 23.9. The van der Waals surface area contributed by atoms with Gasteiger partial charge in [0.25, 0.3) is 5.91 Å². The number of hydrazone groups is 1. The summed E-state index contributed by atoms with van der Waals surface area (Å²) in [6.45, 7) is 3.72. The lowest BCUT2D eigenvalue weighted by atomic mass is 10.1. The van der Waals surface area contributed by atoms with Crippen molar-refractivity contribution in [2.75, 3.05) is 36.0 Å². The fourth-order valence-corrected chi connectivity index (χ4v) is 3.99. The Morgan fingerprint density at radius 1 is 0.833 bits per heavy atom. The number of benzene rings is 2. The maximum absolute atomic E-state index is 13.3. The van der Waals surface area contributed by atoms with Crippen LogP contribution in [-0.2, 0) is 11.3 Å². The molecule has 0 aliphatic carbocycles. The van der Waals surface area contributed by atoms with Gasteiger partial charge in [0, 0.05) is 24.8 Å². The molecule has 3 heterocycles. The second kappa shape index (κ2) is 7.99. The van der Waals surface area contributed by atoms with E-state index < -0.39 is 0 Å². The molecule has 2 aliphatic heterocycles. The molecule has 0 unspecified atom stereocenters. The van der Waals surface area contributed by atoms with Crippen molar-refractivity contribution in [3.63, 3.8) is 0 Å². The first-order chi connectivity index (χ1) is 14.8. The van der Waals surface area contributed by atoms with Gasteiger partial charge in [0.1, 0.15) is 5.82 Å². The van der Waals surface area contributed by atoms with Gasteiger partial charge in [0.2, 0.25) is 0 Å². The smallest absolute Gasteiger partial charge is 0.279 e. The number of carbonyl (C=O) groups is 1. The average Bonchev–Trinajstić information content (AvgIpc) is 3.07. The summed E-state index contributed by atoms with van der Waals surface area (Å²) in [4.78, 5) is 21.8. The third-order valence-electron chi connectivity index (χ3n) is 5.55. The van der Waals surface area contributed by atoms with E-state index in [9.17, 15) is 4.79 Å². The minimum absolute atomic E-state index is 0.0350. The van der Waals surface area contributed by atoms with E-state index in [0.29, 0.717) is 12.3 Å². The Morgan fingerprint density at radius 2 is 1.57 bits per heavy atom. The van der Waals surface area contributed by atoms with Crippen LogP contribution in [0.15, 0.2) is 84.1 Å². The van der Waals surface area contributed by atoms with Gasteiger partial charge >= 0.3 is 0 Å². The highest BCUT2D eigenvalue weighted by molar-refractivity contribution is 6.54. The van der Waals surface area contributed by atoms with E-state index in [1.807, 2.05) is 88.9 Å². The van der Waals surface area contributed by atoms with Gasteiger partial charge in [-0.05, 0) is 23.8 Å². The van der Waals surface area contributed by atoms with Crippen molar-refractivity contribution in [1.82, 2.24) is 9.99 Å². The van der Waals surface area contributed by atoms with Crippen molar-refractivity contribution in [2.24, 2.45) is 5.10 Å². The molecule has 2 aliphatic rings. The summed E-state index contributed by atoms with van der Waals surface area (Å²) in [6.07, 6.45) is 1.82. The maximum atomic E-state index is 13.3. The number of para-hydroxylation sites is 1. The van der Waals surface area contributed by atoms with Crippen molar-refractivity contribution in [3.05, 3.63) is 90.1 Å². The van der Waals surface area contributed by atoms with Crippen LogP contribution < -0.4 is 9.80 Å². The van der Waals surface area contributed by atoms with Crippen LogP contribution >= 0.6 is 0 Å². The van der Waals surface area contributed by atoms with Crippen molar-refractivity contribution in [3.8, 4) is 0 Å². The van der Waals surface area contributed by atoms with Gasteiger partial charge in [-0.3, -0.25) is 9.80 Å². The lowest BCUT2D eigenvalue weighted by Crippen LogP contribution is -2.45. The van der Waals surface area contributed by atoms with Gasteiger partial charge < -0.3 is 9.80 Å². The lowest BCUT2D eigenvalue weighted by Gasteiger charge is -2.34. The first-order valence-electron chi connectivity index (χ1n) is 10.2. The van der Waals surface area contributed by atoms with E-state index in [4.69, 9.17) is 5.10 Å². The second-order valence-electron chi connectivity index (χ2n) is 7.47. The summed E-state index contributed by atoms with van der Waals surface area (Å²) in [7, 11) is 0. The first-order valence-corrected chi connectivity index (χ1v) is 10.2. The Morgan fingerprint density at radius 3 is 2.33 bits per heavy atom. The number of fused-ring (bicyclic) bond motifs is 1. The zero-order chi connectivity index (χ0) is 20.3. The van der Waals surface area contributed by atoms with E-state index in [-0.39, 0.29) is 5.91 Å². The molecule has 0 N–H and O–H groups in total. The van der Waals surface area contributed by atoms with Gasteiger partial charge in [-0.15, -0.1) is 0 Å². The van der Waals surface area contributed by atoms with Gasteiger partial charge in [0.05, 0.1) is 25.3 Å². The molecule has 1 fully saturated rings. The molecule has 1 saturated heterocycles. The van der Waals surface area contributed by atoms with Crippen LogP contribution in [0.1, 0.15) is 11.1 Å². The molecule has 3 aromatic rings. The standard InChI is InChI=1S/C24H23N5O/c30-24-23(26-28-16-14-27(15-17-28)22-12-6-7-13-25-22)20-10-4-5-11-21(20)29(24)18-19-8-2-1-3-9-19/h1-13H,14-18H2. The Labute approximate surface area is 176 Å². The van der Waals surface area contributed by atoms with Crippen LogP contribution in [0, 0.1) is 0 Å². The molecule has 5 rings (SSSR count). The molecule has 0 atom stereocenters. The second-order valence-corrected chi connectivity index (χ2v) is 7.47. The number of hydrogen-bond donors (Lipinski definition) is 0. The number of hydrogen-bond acceptors (Lipinski definition) is 5. The molecule has 150 valence electrons.